The number of amides is 1. The van der Waals surface area contributed by atoms with Crippen LogP contribution in [0.25, 0.3) is 0 Å². The second kappa shape index (κ2) is 5.27. The highest BCUT2D eigenvalue weighted by atomic mass is 16.5. The number of ether oxygens (including phenoxy) is 1. The zero-order chi connectivity index (χ0) is 13.1. The maximum absolute atomic E-state index is 11.8. The molecule has 0 unspecified atom stereocenters. The van der Waals surface area contributed by atoms with E-state index in [9.17, 15) is 15.0 Å². The van der Waals surface area contributed by atoms with Crippen molar-refractivity contribution < 1.29 is 19.7 Å². The summed E-state index contributed by atoms with van der Waals surface area (Å²) in [5, 5.41) is 21.4. The average Bonchev–Trinajstić information content (AvgIpc) is 2.24. The lowest BCUT2D eigenvalue weighted by atomic mass is 9.89. The molecule has 0 spiro atoms. The Balaban J connectivity index is 1.89. The highest BCUT2D eigenvalue weighted by Crippen LogP contribution is 2.25. The van der Waals surface area contributed by atoms with E-state index in [1.54, 1.807) is 0 Å². The van der Waals surface area contributed by atoms with Crippen LogP contribution in [0.2, 0.25) is 0 Å². The van der Waals surface area contributed by atoms with Crippen molar-refractivity contribution in [1.29, 1.82) is 0 Å². The number of benzene rings is 1. The Labute approximate surface area is 105 Å². The van der Waals surface area contributed by atoms with Crippen LogP contribution in [0.3, 0.4) is 0 Å². The third kappa shape index (κ3) is 2.92. The van der Waals surface area contributed by atoms with Crippen LogP contribution in [0.15, 0.2) is 18.2 Å². The van der Waals surface area contributed by atoms with Crippen LogP contribution in [0.5, 0.6) is 11.5 Å². The zero-order valence-corrected chi connectivity index (χ0v) is 10.2. The smallest absolute Gasteiger partial charge is 0.251 e. The molecule has 1 saturated carbocycles. The van der Waals surface area contributed by atoms with Gasteiger partial charge in [0.2, 0.25) is 0 Å². The van der Waals surface area contributed by atoms with Gasteiger partial charge in [-0.3, -0.25) is 4.79 Å². The van der Waals surface area contributed by atoms with Crippen molar-refractivity contribution in [2.45, 2.75) is 31.9 Å². The van der Waals surface area contributed by atoms with Crippen LogP contribution >= 0.6 is 0 Å². The predicted molar refractivity (Wildman–Crippen MR) is 65.7 cm³/mol. The summed E-state index contributed by atoms with van der Waals surface area (Å²) in [6.07, 6.45) is 1.85. The zero-order valence-electron chi connectivity index (χ0n) is 10.2. The molecule has 0 heterocycles. The second-order valence-corrected chi connectivity index (χ2v) is 4.46. The minimum atomic E-state index is -0.291. The van der Waals surface area contributed by atoms with E-state index < -0.39 is 0 Å². The molecule has 5 heteroatoms. The van der Waals surface area contributed by atoms with Gasteiger partial charge in [0.05, 0.1) is 6.10 Å². The normalized spacial score (nSPS) is 22.3. The van der Waals surface area contributed by atoms with E-state index in [4.69, 9.17) is 4.74 Å². The molecule has 1 fully saturated rings. The van der Waals surface area contributed by atoms with Crippen LogP contribution in [0.4, 0.5) is 0 Å². The molecule has 0 aromatic heterocycles. The fourth-order valence-corrected chi connectivity index (χ4v) is 2.05. The summed E-state index contributed by atoms with van der Waals surface area (Å²) >= 11 is 0. The van der Waals surface area contributed by atoms with Gasteiger partial charge in [0, 0.05) is 24.3 Å². The van der Waals surface area contributed by atoms with Gasteiger partial charge in [0.15, 0.2) is 0 Å². The Morgan fingerprint density at radius 1 is 1.33 bits per heavy atom. The first kappa shape index (κ1) is 12.7. The van der Waals surface area contributed by atoms with Crippen LogP contribution in [0.1, 0.15) is 30.1 Å². The molecule has 0 radical (unpaired) electrons. The Hall–Kier alpha value is -1.75. The van der Waals surface area contributed by atoms with E-state index in [0.717, 1.165) is 12.8 Å². The maximum Gasteiger partial charge on any atom is 0.251 e. The van der Waals surface area contributed by atoms with Gasteiger partial charge < -0.3 is 20.3 Å². The number of hydrogen-bond donors (Lipinski definition) is 3. The van der Waals surface area contributed by atoms with Gasteiger partial charge in [-0.1, -0.05) is 0 Å². The number of phenols is 2. The number of carbonyl (C=O) groups excluding carboxylic acids is 1. The quantitative estimate of drug-likeness (QED) is 0.755. The third-order valence-corrected chi connectivity index (χ3v) is 3.00. The van der Waals surface area contributed by atoms with Crippen molar-refractivity contribution >= 4 is 5.91 Å². The van der Waals surface area contributed by atoms with Crippen molar-refractivity contribution in [2.75, 3.05) is 6.61 Å². The highest BCUT2D eigenvalue weighted by molar-refractivity contribution is 5.95. The number of hydrogen-bond acceptors (Lipinski definition) is 4. The predicted octanol–water partition coefficient (Wildman–Crippen LogP) is 1.40. The van der Waals surface area contributed by atoms with Crippen molar-refractivity contribution in [3.05, 3.63) is 23.8 Å². The number of rotatable bonds is 4. The van der Waals surface area contributed by atoms with Gasteiger partial charge in [-0.15, -0.1) is 0 Å². The summed E-state index contributed by atoms with van der Waals surface area (Å²) in [4.78, 5) is 11.8. The fraction of sp³-hybridized carbons (Fsp3) is 0.462. The molecule has 1 amide bonds. The molecule has 0 saturated heterocycles. The maximum atomic E-state index is 11.8. The molecule has 1 aromatic rings. The van der Waals surface area contributed by atoms with Crippen molar-refractivity contribution in [3.63, 3.8) is 0 Å². The van der Waals surface area contributed by atoms with Gasteiger partial charge in [-0.05, 0) is 31.9 Å². The van der Waals surface area contributed by atoms with E-state index in [-0.39, 0.29) is 35.1 Å². The summed E-state index contributed by atoms with van der Waals surface area (Å²) in [7, 11) is 0. The standard InChI is InChI=1S/C13H17NO4/c1-2-18-12-5-9(6-12)14-13(17)8-3-10(15)7-11(16)4-8/h3-4,7,9,12,15-16H,2,5-6H2,1H3,(H,14,17). The first-order valence-corrected chi connectivity index (χ1v) is 6.04. The average molecular weight is 251 g/mol. The molecule has 1 aliphatic rings. The van der Waals surface area contributed by atoms with E-state index >= 15 is 0 Å². The summed E-state index contributed by atoms with van der Waals surface area (Å²) in [5.74, 6) is -0.539. The van der Waals surface area contributed by atoms with Crippen molar-refractivity contribution in [1.82, 2.24) is 5.32 Å². The van der Waals surface area contributed by atoms with Gasteiger partial charge in [-0.25, -0.2) is 0 Å². The van der Waals surface area contributed by atoms with Crippen LogP contribution < -0.4 is 5.32 Å². The summed E-state index contributed by atoms with van der Waals surface area (Å²) in [6, 6.07) is 3.95. The summed E-state index contributed by atoms with van der Waals surface area (Å²) < 4.78 is 5.40. The molecule has 0 bridgehead atoms. The van der Waals surface area contributed by atoms with Gasteiger partial charge in [0.25, 0.3) is 5.91 Å². The lowest BCUT2D eigenvalue weighted by Crippen LogP contribution is -2.47. The Morgan fingerprint density at radius 2 is 1.94 bits per heavy atom. The molecule has 98 valence electrons. The topological polar surface area (TPSA) is 78.8 Å². The largest absolute Gasteiger partial charge is 0.508 e. The molecule has 0 atom stereocenters. The lowest BCUT2D eigenvalue weighted by molar-refractivity contribution is -0.00863. The van der Waals surface area contributed by atoms with E-state index in [1.165, 1.54) is 18.2 Å². The lowest BCUT2D eigenvalue weighted by Gasteiger charge is -2.35. The first-order chi connectivity index (χ1) is 8.58. The summed E-state index contributed by atoms with van der Waals surface area (Å²) in [5.41, 5.74) is 0.257. The van der Waals surface area contributed by atoms with Crippen LogP contribution in [-0.4, -0.2) is 34.9 Å². The SMILES string of the molecule is CCOC1CC(NC(=O)c2cc(O)cc(O)c2)C1. The molecule has 2 rings (SSSR count). The van der Waals surface area contributed by atoms with Crippen molar-refractivity contribution in [2.24, 2.45) is 0 Å². The monoisotopic (exact) mass is 251 g/mol. The minimum Gasteiger partial charge on any atom is -0.508 e. The Morgan fingerprint density at radius 3 is 2.50 bits per heavy atom. The highest BCUT2D eigenvalue weighted by Gasteiger charge is 2.30. The Kier molecular flexibility index (Phi) is 3.72. The van der Waals surface area contributed by atoms with E-state index in [2.05, 4.69) is 5.32 Å². The number of nitrogens with one attached hydrogen (secondary N) is 1. The molecule has 1 aromatic carbocycles. The number of phenolic OH excluding ortho intramolecular Hbond substituents is 2. The van der Waals surface area contributed by atoms with Crippen molar-refractivity contribution in [3.8, 4) is 11.5 Å². The molecule has 18 heavy (non-hydrogen) atoms. The van der Waals surface area contributed by atoms with Gasteiger partial charge in [0.1, 0.15) is 11.5 Å². The summed E-state index contributed by atoms with van der Waals surface area (Å²) in [6.45, 7) is 2.63. The van der Waals surface area contributed by atoms with Crippen LogP contribution in [0, 0.1) is 0 Å². The van der Waals surface area contributed by atoms with Gasteiger partial charge >= 0.3 is 0 Å². The van der Waals surface area contributed by atoms with E-state index in [1.807, 2.05) is 6.92 Å². The fourth-order valence-electron chi connectivity index (χ4n) is 2.05. The molecule has 0 aliphatic heterocycles. The third-order valence-electron chi connectivity index (χ3n) is 3.00. The van der Waals surface area contributed by atoms with E-state index in [0.29, 0.717) is 6.61 Å². The molecule has 5 nitrogen and oxygen atoms in total. The minimum absolute atomic E-state index is 0.110. The number of carbonyl (C=O) groups is 1. The first-order valence-electron chi connectivity index (χ1n) is 6.04. The van der Waals surface area contributed by atoms with Crippen LogP contribution in [-0.2, 0) is 4.74 Å². The van der Waals surface area contributed by atoms with Gasteiger partial charge in [-0.2, -0.15) is 0 Å². The molecular formula is C13H17NO4. The Bertz CT molecular complexity index is 420. The number of aromatic hydroxyl groups is 2. The molecule has 1 aliphatic carbocycles. The molecular weight excluding hydrogens is 234 g/mol. The molecule has 3 N–H and O–H groups in total. The second-order valence-electron chi connectivity index (χ2n) is 4.46.